The number of aliphatic hydroxyl groups is 1. The van der Waals surface area contributed by atoms with E-state index in [9.17, 15) is 0 Å². The number of rotatable bonds is 10. The largest absolute Gasteiger partial charge is 0.392 e. The third kappa shape index (κ3) is 7.42. The van der Waals surface area contributed by atoms with Crippen LogP contribution in [0.15, 0.2) is 34.9 Å². The van der Waals surface area contributed by atoms with E-state index in [0.717, 1.165) is 38.5 Å². The Morgan fingerprint density at radius 2 is 1.68 bits per heavy atom. The average Bonchev–Trinajstić information content (AvgIpc) is 3.07. The molecule has 2 atom stereocenters. The van der Waals surface area contributed by atoms with Crippen LogP contribution in [0, 0.1) is 0 Å². The Morgan fingerprint density at radius 3 is 2.32 bits per heavy atom. The first-order chi connectivity index (χ1) is 10.4. The molecule has 2 unspecified atom stereocenters. The van der Waals surface area contributed by atoms with Crippen molar-refractivity contribution < 1.29 is 9.84 Å². The highest BCUT2D eigenvalue weighted by Gasteiger charge is 2.50. The molecule has 0 spiro atoms. The van der Waals surface area contributed by atoms with Gasteiger partial charge in [0, 0.05) is 0 Å². The van der Waals surface area contributed by atoms with Gasteiger partial charge < -0.3 is 9.84 Å². The van der Waals surface area contributed by atoms with Crippen molar-refractivity contribution in [3.8, 4) is 0 Å². The molecule has 0 amide bonds. The maximum Gasteiger partial charge on any atom is 0.0923 e. The van der Waals surface area contributed by atoms with Crippen LogP contribution in [0.1, 0.15) is 73.1 Å². The summed E-state index contributed by atoms with van der Waals surface area (Å²) in [5.41, 5.74) is 4.23. The highest BCUT2D eigenvalue weighted by Crippen LogP contribution is 2.43. The van der Waals surface area contributed by atoms with Crippen LogP contribution in [0.4, 0.5) is 0 Å². The summed E-state index contributed by atoms with van der Waals surface area (Å²) in [6.45, 7) is 11.0. The summed E-state index contributed by atoms with van der Waals surface area (Å²) in [4.78, 5) is 0. The first-order valence-corrected chi connectivity index (χ1v) is 8.60. The zero-order valence-electron chi connectivity index (χ0n) is 15.1. The van der Waals surface area contributed by atoms with Gasteiger partial charge >= 0.3 is 0 Å². The second kappa shape index (κ2) is 9.32. The molecule has 126 valence electrons. The van der Waals surface area contributed by atoms with Crippen molar-refractivity contribution >= 4 is 0 Å². The summed E-state index contributed by atoms with van der Waals surface area (Å²) in [5, 5.41) is 8.86. The quantitative estimate of drug-likeness (QED) is 0.437. The fourth-order valence-corrected chi connectivity index (χ4v) is 2.79. The van der Waals surface area contributed by atoms with Gasteiger partial charge in [0.1, 0.15) is 0 Å². The third-order valence-corrected chi connectivity index (χ3v) is 4.50. The van der Waals surface area contributed by atoms with Crippen LogP contribution in [0.3, 0.4) is 0 Å². The maximum atomic E-state index is 8.86. The molecule has 1 aliphatic heterocycles. The SMILES string of the molecule is CC(C)=CCC/C(C)=C/CCC1(C)OC1CC/C(C)=C/CO. The van der Waals surface area contributed by atoms with E-state index in [1.54, 1.807) is 0 Å². The summed E-state index contributed by atoms with van der Waals surface area (Å²) in [5.74, 6) is 0. The molecule has 0 radical (unpaired) electrons. The van der Waals surface area contributed by atoms with E-state index in [1.165, 1.54) is 16.7 Å². The van der Waals surface area contributed by atoms with Gasteiger partial charge in [0.25, 0.3) is 0 Å². The van der Waals surface area contributed by atoms with Gasteiger partial charge in [-0.05, 0) is 73.1 Å². The smallest absolute Gasteiger partial charge is 0.0923 e. The third-order valence-electron chi connectivity index (χ3n) is 4.50. The molecular weight excluding hydrogens is 272 g/mol. The molecular formula is C20H34O2. The predicted octanol–water partition coefficient (Wildman–Crippen LogP) is 5.34. The fraction of sp³-hybridized carbons (Fsp3) is 0.700. The van der Waals surface area contributed by atoms with Crippen molar-refractivity contribution in [1.29, 1.82) is 0 Å². The number of aliphatic hydroxyl groups excluding tert-OH is 1. The number of ether oxygens (including phenoxy) is 1. The predicted molar refractivity (Wildman–Crippen MR) is 95.0 cm³/mol. The van der Waals surface area contributed by atoms with Gasteiger partial charge in [-0.3, -0.25) is 0 Å². The van der Waals surface area contributed by atoms with Crippen LogP contribution in [-0.4, -0.2) is 23.4 Å². The van der Waals surface area contributed by atoms with Gasteiger partial charge in [-0.2, -0.15) is 0 Å². The van der Waals surface area contributed by atoms with Crippen LogP contribution >= 0.6 is 0 Å². The zero-order chi connectivity index (χ0) is 16.6. The van der Waals surface area contributed by atoms with Crippen LogP contribution in [0.25, 0.3) is 0 Å². The van der Waals surface area contributed by atoms with Gasteiger partial charge in [-0.1, -0.05) is 34.9 Å². The normalized spacial score (nSPS) is 25.3. The molecule has 0 aromatic heterocycles. The monoisotopic (exact) mass is 306 g/mol. The first-order valence-electron chi connectivity index (χ1n) is 8.60. The Hall–Kier alpha value is -0.860. The zero-order valence-corrected chi connectivity index (χ0v) is 15.1. The number of epoxide rings is 1. The number of hydrogen-bond acceptors (Lipinski definition) is 2. The Bertz CT molecular complexity index is 427. The lowest BCUT2D eigenvalue weighted by atomic mass is 9.96. The van der Waals surface area contributed by atoms with E-state index < -0.39 is 0 Å². The summed E-state index contributed by atoms with van der Waals surface area (Å²) in [6.07, 6.45) is 13.6. The molecule has 1 heterocycles. The second-order valence-electron chi connectivity index (χ2n) is 7.10. The number of allylic oxidation sites excluding steroid dienone is 5. The molecule has 1 saturated heterocycles. The van der Waals surface area contributed by atoms with E-state index in [2.05, 4.69) is 46.8 Å². The molecule has 1 N–H and O–H groups in total. The van der Waals surface area contributed by atoms with E-state index >= 15 is 0 Å². The fourth-order valence-electron chi connectivity index (χ4n) is 2.79. The molecule has 22 heavy (non-hydrogen) atoms. The van der Waals surface area contributed by atoms with E-state index in [0.29, 0.717) is 6.10 Å². The second-order valence-corrected chi connectivity index (χ2v) is 7.10. The van der Waals surface area contributed by atoms with Crippen molar-refractivity contribution in [1.82, 2.24) is 0 Å². The summed E-state index contributed by atoms with van der Waals surface area (Å²) in [7, 11) is 0. The number of hydrogen-bond donors (Lipinski definition) is 1. The van der Waals surface area contributed by atoms with Crippen LogP contribution in [0.5, 0.6) is 0 Å². The van der Waals surface area contributed by atoms with Gasteiger partial charge in [0.05, 0.1) is 18.3 Å². The minimum Gasteiger partial charge on any atom is -0.392 e. The van der Waals surface area contributed by atoms with Gasteiger partial charge in [0.2, 0.25) is 0 Å². The Balaban J connectivity index is 2.22. The lowest BCUT2D eigenvalue weighted by Crippen LogP contribution is -2.09. The summed E-state index contributed by atoms with van der Waals surface area (Å²) in [6, 6.07) is 0. The maximum absolute atomic E-state index is 8.86. The molecule has 0 aromatic rings. The lowest BCUT2D eigenvalue weighted by molar-refractivity contribution is 0.295. The molecule has 0 saturated carbocycles. The molecule has 1 aliphatic rings. The minimum absolute atomic E-state index is 0.0795. The van der Waals surface area contributed by atoms with E-state index in [4.69, 9.17) is 9.84 Å². The standard InChI is InChI=1S/C20H34O2/c1-16(2)8-6-9-17(3)10-7-14-20(5)19(22-20)12-11-18(4)13-15-21/h8,10,13,19,21H,6-7,9,11-12,14-15H2,1-5H3/b17-10+,18-13+. The minimum atomic E-state index is 0.0795. The molecule has 1 rings (SSSR count). The molecule has 2 nitrogen and oxygen atoms in total. The molecule has 0 aromatic carbocycles. The van der Waals surface area contributed by atoms with E-state index in [1.807, 2.05) is 6.08 Å². The van der Waals surface area contributed by atoms with Gasteiger partial charge in [0.15, 0.2) is 0 Å². The molecule has 2 heteroatoms. The van der Waals surface area contributed by atoms with Crippen LogP contribution in [-0.2, 0) is 4.74 Å². The molecule has 1 fully saturated rings. The van der Waals surface area contributed by atoms with Crippen molar-refractivity contribution in [2.75, 3.05) is 6.61 Å². The topological polar surface area (TPSA) is 32.8 Å². The molecule has 0 bridgehead atoms. The highest BCUT2D eigenvalue weighted by atomic mass is 16.6. The lowest BCUT2D eigenvalue weighted by Gasteiger charge is -2.05. The Labute approximate surface area is 137 Å². The highest BCUT2D eigenvalue weighted by molar-refractivity contribution is 5.07. The summed E-state index contributed by atoms with van der Waals surface area (Å²) >= 11 is 0. The van der Waals surface area contributed by atoms with Crippen molar-refractivity contribution in [3.05, 3.63) is 34.9 Å². The van der Waals surface area contributed by atoms with Crippen molar-refractivity contribution in [2.24, 2.45) is 0 Å². The van der Waals surface area contributed by atoms with Gasteiger partial charge in [-0.15, -0.1) is 0 Å². The average molecular weight is 306 g/mol. The Morgan fingerprint density at radius 1 is 1.00 bits per heavy atom. The van der Waals surface area contributed by atoms with Crippen molar-refractivity contribution in [3.63, 3.8) is 0 Å². The first kappa shape index (κ1) is 19.2. The summed E-state index contributed by atoms with van der Waals surface area (Å²) < 4.78 is 5.90. The van der Waals surface area contributed by atoms with Gasteiger partial charge in [-0.25, -0.2) is 0 Å². The van der Waals surface area contributed by atoms with E-state index in [-0.39, 0.29) is 12.2 Å². The Kier molecular flexibility index (Phi) is 8.13. The van der Waals surface area contributed by atoms with Crippen LogP contribution in [0.2, 0.25) is 0 Å². The van der Waals surface area contributed by atoms with Crippen LogP contribution < -0.4 is 0 Å². The molecule has 0 aliphatic carbocycles. The van der Waals surface area contributed by atoms with Crippen molar-refractivity contribution in [2.45, 2.75) is 84.8 Å².